The van der Waals surface area contributed by atoms with E-state index < -0.39 is 0 Å². The van der Waals surface area contributed by atoms with E-state index >= 15 is 0 Å². The lowest BCUT2D eigenvalue weighted by Crippen LogP contribution is -2.35. The van der Waals surface area contributed by atoms with E-state index in [-0.39, 0.29) is 12.0 Å². The zero-order valence-corrected chi connectivity index (χ0v) is 16.2. The Morgan fingerprint density at radius 1 is 1.14 bits per heavy atom. The average molecular weight is 396 g/mol. The van der Waals surface area contributed by atoms with Crippen molar-refractivity contribution in [1.82, 2.24) is 15.2 Å². The Kier molecular flexibility index (Phi) is 4.38. The van der Waals surface area contributed by atoms with Crippen LogP contribution in [0.25, 0.3) is 22.2 Å². The number of nitrogens with one attached hydrogen (secondary N) is 2. The first-order valence-electron chi connectivity index (χ1n) is 9.70. The molecule has 3 heterocycles. The molecule has 0 aliphatic carbocycles. The van der Waals surface area contributed by atoms with Crippen LogP contribution in [0.5, 0.6) is 0 Å². The third-order valence-corrected chi connectivity index (χ3v) is 6.20. The van der Waals surface area contributed by atoms with E-state index in [1.165, 1.54) is 5.56 Å². The number of aliphatic hydroxyl groups excluding tert-OH is 1. The van der Waals surface area contributed by atoms with Gasteiger partial charge in [0.25, 0.3) is 5.91 Å². The molecular formula is C22H22ClN3O2. The molecule has 0 unspecified atom stereocenters. The van der Waals surface area contributed by atoms with Gasteiger partial charge in [0.05, 0.1) is 11.7 Å². The molecule has 6 heteroatoms. The van der Waals surface area contributed by atoms with Crippen LogP contribution < -0.4 is 5.32 Å². The molecule has 144 valence electrons. The normalized spacial score (nSPS) is 17.9. The molecule has 0 atom stereocenters. The van der Waals surface area contributed by atoms with Crippen LogP contribution in [0.3, 0.4) is 0 Å². The van der Waals surface area contributed by atoms with Crippen LogP contribution in [-0.2, 0) is 13.1 Å². The third-order valence-electron chi connectivity index (χ3n) is 5.85. The Morgan fingerprint density at radius 2 is 1.96 bits per heavy atom. The number of aromatic nitrogens is 1. The number of carbonyl (C=O) groups excluding carboxylic acids is 1. The summed E-state index contributed by atoms with van der Waals surface area (Å²) in [6.45, 7) is 3.24. The second-order valence-corrected chi connectivity index (χ2v) is 8.15. The zero-order chi connectivity index (χ0) is 19.3. The van der Waals surface area contributed by atoms with Gasteiger partial charge >= 0.3 is 0 Å². The number of likely N-dealkylation sites (tertiary alicyclic amines) is 1. The predicted octanol–water partition coefficient (Wildman–Crippen LogP) is 3.69. The minimum absolute atomic E-state index is 0.0702. The van der Waals surface area contributed by atoms with Gasteiger partial charge in [-0.1, -0.05) is 23.7 Å². The monoisotopic (exact) mass is 395 g/mol. The number of nitrogens with zero attached hydrogens (tertiary/aromatic N) is 1. The highest BCUT2D eigenvalue weighted by Gasteiger charge is 2.26. The molecule has 2 aliphatic heterocycles. The molecule has 2 aromatic carbocycles. The molecule has 2 aliphatic rings. The fraction of sp³-hybridized carbons (Fsp3) is 0.318. The number of piperidine rings is 1. The van der Waals surface area contributed by atoms with Gasteiger partial charge in [0.2, 0.25) is 0 Å². The van der Waals surface area contributed by atoms with E-state index in [1.807, 2.05) is 12.1 Å². The van der Waals surface area contributed by atoms with E-state index in [0.717, 1.165) is 60.2 Å². The van der Waals surface area contributed by atoms with Crippen LogP contribution in [0.4, 0.5) is 0 Å². The van der Waals surface area contributed by atoms with Gasteiger partial charge in [-0.3, -0.25) is 9.69 Å². The maximum atomic E-state index is 12.3. The van der Waals surface area contributed by atoms with E-state index in [9.17, 15) is 9.90 Å². The summed E-state index contributed by atoms with van der Waals surface area (Å²) in [5.41, 5.74) is 5.67. The van der Waals surface area contributed by atoms with Crippen molar-refractivity contribution in [3.63, 3.8) is 0 Å². The first-order chi connectivity index (χ1) is 13.6. The molecule has 0 radical (unpaired) electrons. The van der Waals surface area contributed by atoms with Crippen molar-refractivity contribution in [1.29, 1.82) is 0 Å². The molecule has 3 aromatic rings. The maximum Gasteiger partial charge on any atom is 0.252 e. The van der Waals surface area contributed by atoms with Gasteiger partial charge in [-0.25, -0.2) is 0 Å². The second-order valence-electron chi connectivity index (χ2n) is 7.74. The lowest BCUT2D eigenvalue weighted by atomic mass is 10.0. The number of rotatable bonds is 3. The minimum Gasteiger partial charge on any atom is -0.393 e. The molecular weight excluding hydrogens is 374 g/mol. The van der Waals surface area contributed by atoms with Crippen molar-refractivity contribution >= 4 is 28.4 Å². The van der Waals surface area contributed by atoms with E-state index in [4.69, 9.17) is 11.6 Å². The van der Waals surface area contributed by atoms with Crippen LogP contribution in [0.2, 0.25) is 5.02 Å². The highest BCUT2D eigenvalue weighted by Crippen LogP contribution is 2.34. The SMILES string of the molecule is O=C1NCc2c(Cl)ccc(-c3cc4cc(CN5CCC(O)CC5)ccc4[nH]3)c21. The molecule has 28 heavy (non-hydrogen) atoms. The van der Waals surface area contributed by atoms with Gasteiger partial charge in [0.15, 0.2) is 0 Å². The predicted molar refractivity (Wildman–Crippen MR) is 110 cm³/mol. The van der Waals surface area contributed by atoms with Gasteiger partial charge in [0, 0.05) is 58.9 Å². The van der Waals surface area contributed by atoms with Crippen molar-refractivity contribution in [3.8, 4) is 11.3 Å². The summed E-state index contributed by atoms with van der Waals surface area (Å²) in [6.07, 6.45) is 1.55. The highest BCUT2D eigenvalue weighted by molar-refractivity contribution is 6.32. The number of aliphatic hydroxyl groups is 1. The Balaban J connectivity index is 1.47. The average Bonchev–Trinajstić information content (AvgIpc) is 3.28. The van der Waals surface area contributed by atoms with Gasteiger partial charge in [0.1, 0.15) is 0 Å². The summed E-state index contributed by atoms with van der Waals surface area (Å²) in [5, 5.41) is 14.3. The standard InChI is InChI=1S/C22H22ClN3O2/c23-18-3-2-16(21-17(18)11-24-22(21)28)20-10-14-9-13(1-4-19(14)25-20)12-26-7-5-15(27)6-8-26/h1-4,9-10,15,25,27H,5-8,11-12H2,(H,24,28). The van der Waals surface area contributed by atoms with Gasteiger partial charge < -0.3 is 15.4 Å². The fourth-order valence-electron chi connectivity index (χ4n) is 4.30. The van der Waals surface area contributed by atoms with Crippen molar-refractivity contribution in [2.75, 3.05) is 13.1 Å². The first-order valence-corrected chi connectivity index (χ1v) is 10.1. The molecule has 5 rings (SSSR count). The van der Waals surface area contributed by atoms with Crippen molar-refractivity contribution < 1.29 is 9.90 Å². The number of aromatic amines is 1. The topological polar surface area (TPSA) is 68.4 Å². The molecule has 3 N–H and O–H groups in total. The number of fused-ring (bicyclic) bond motifs is 2. The Morgan fingerprint density at radius 3 is 2.79 bits per heavy atom. The first kappa shape index (κ1) is 17.7. The summed E-state index contributed by atoms with van der Waals surface area (Å²) in [6, 6.07) is 12.3. The molecule has 1 aromatic heterocycles. The number of benzene rings is 2. The second kappa shape index (κ2) is 6.92. The summed E-state index contributed by atoms with van der Waals surface area (Å²) in [5.74, 6) is -0.0702. The minimum atomic E-state index is -0.149. The van der Waals surface area contributed by atoms with Crippen molar-refractivity contribution in [2.24, 2.45) is 0 Å². The van der Waals surface area contributed by atoms with Gasteiger partial charge in [-0.05, 0) is 42.7 Å². The number of amides is 1. The zero-order valence-electron chi connectivity index (χ0n) is 15.5. The van der Waals surface area contributed by atoms with E-state index in [2.05, 4.69) is 39.5 Å². The maximum absolute atomic E-state index is 12.3. The van der Waals surface area contributed by atoms with Crippen LogP contribution in [-0.4, -0.2) is 40.1 Å². The number of hydrogen-bond donors (Lipinski definition) is 3. The molecule has 5 nitrogen and oxygen atoms in total. The molecule has 0 spiro atoms. The number of halogens is 1. The van der Waals surface area contributed by atoms with Gasteiger partial charge in [-0.15, -0.1) is 0 Å². The highest BCUT2D eigenvalue weighted by atomic mass is 35.5. The summed E-state index contributed by atoms with van der Waals surface area (Å²) in [4.78, 5) is 18.2. The quantitative estimate of drug-likeness (QED) is 0.633. The van der Waals surface area contributed by atoms with Crippen LogP contribution in [0.15, 0.2) is 36.4 Å². The summed E-state index contributed by atoms with van der Waals surface area (Å²) in [7, 11) is 0. The molecule has 1 fully saturated rings. The van der Waals surface area contributed by atoms with E-state index in [0.29, 0.717) is 17.1 Å². The molecule has 0 saturated carbocycles. The molecule has 1 saturated heterocycles. The van der Waals surface area contributed by atoms with Crippen LogP contribution in [0, 0.1) is 0 Å². The number of H-pyrrole nitrogens is 1. The lowest BCUT2D eigenvalue weighted by Gasteiger charge is -2.29. The van der Waals surface area contributed by atoms with Gasteiger partial charge in [-0.2, -0.15) is 0 Å². The third kappa shape index (κ3) is 3.09. The summed E-state index contributed by atoms with van der Waals surface area (Å²) < 4.78 is 0. The lowest BCUT2D eigenvalue weighted by molar-refractivity contribution is 0.0792. The molecule has 1 amide bonds. The Bertz CT molecular complexity index is 1070. The Labute approximate surface area is 168 Å². The van der Waals surface area contributed by atoms with Crippen LogP contribution in [0.1, 0.15) is 34.3 Å². The number of carbonyl (C=O) groups is 1. The largest absolute Gasteiger partial charge is 0.393 e. The van der Waals surface area contributed by atoms with Crippen molar-refractivity contribution in [3.05, 3.63) is 58.1 Å². The smallest absolute Gasteiger partial charge is 0.252 e. The Hall–Kier alpha value is -2.34. The van der Waals surface area contributed by atoms with Crippen molar-refractivity contribution in [2.45, 2.75) is 32.0 Å². The van der Waals surface area contributed by atoms with E-state index in [1.54, 1.807) is 0 Å². The number of hydrogen-bond acceptors (Lipinski definition) is 3. The van der Waals surface area contributed by atoms with Crippen LogP contribution >= 0.6 is 11.6 Å². The fourth-order valence-corrected chi connectivity index (χ4v) is 4.52. The summed E-state index contributed by atoms with van der Waals surface area (Å²) >= 11 is 6.27. The molecule has 0 bridgehead atoms.